The highest BCUT2D eigenvalue weighted by atomic mass is 19.4. The molecule has 0 atom stereocenters. The number of carbonyl (C=O) groups excluding carboxylic acids is 2. The summed E-state index contributed by atoms with van der Waals surface area (Å²) in [4.78, 5) is 26.4. The topological polar surface area (TPSA) is 80.4 Å². The summed E-state index contributed by atoms with van der Waals surface area (Å²) in [6.07, 6.45) is 0.165. The fourth-order valence-corrected chi connectivity index (χ4v) is 3.06. The van der Waals surface area contributed by atoms with Gasteiger partial charge >= 0.3 is 6.18 Å². The van der Waals surface area contributed by atoms with E-state index in [1.54, 1.807) is 12.1 Å². The lowest BCUT2D eigenvalue weighted by atomic mass is 9.86. The number of rotatable bonds is 4. The zero-order valence-electron chi connectivity index (χ0n) is 13.7. The van der Waals surface area contributed by atoms with Crippen molar-refractivity contribution in [2.24, 2.45) is 0 Å². The Morgan fingerprint density at radius 3 is 2.54 bits per heavy atom. The first-order valence-electron chi connectivity index (χ1n) is 8.00. The number of hydrogen-bond acceptors (Lipinski definition) is 4. The Labute approximate surface area is 146 Å². The van der Waals surface area contributed by atoms with Crippen LogP contribution in [-0.2, 0) is 10.3 Å². The number of carbonyl (C=O) groups is 2. The van der Waals surface area contributed by atoms with Gasteiger partial charge in [0, 0.05) is 25.5 Å². The molecule has 10 heteroatoms. The van der Waals surface area contributed by atoms with Crippen molar-refractivity contribution in [3.05, 3.63) is 42.6 Å². The number of nitrogens with one attached hydrogen (secondary N) is 1. The van der Waals surface area contributed by atoms with Gasteiger partial charge < -0.3 is 14.6 Å². The number of amides is 2. The zero-order valence-corrected chi connectivity index (χ0v) is 13.7. The van der Waals surface area contributed by atoms with Crippen LogP contribution in [-0.4, -0.2) is 52.3 Å². The van der Waals surface area contributed by atoms with Gasteiger partial charge in [-0.05, 0) is 31.0 Å². The molecule has 0 bridgehead atoms. The van der Waals surface area contributed by atoms with E-state index in [2.05, 4.69) is 5.10 Å². The first-order valence-corrected chi connectivity index (χ1v) is 8.00. The molecule has 1 saturated heterocycles. The van der Waals surface area contributed by atoms with Crippen LogP contribution < -0.4 is 5.32 Å². The first-order chi connectivity index (χ1) is 12.3. The summed E-state index contributed by atoms with van der Waals surface area (Å²) >= 11 is 0. The fraction of sp³-hybridized carbons (Fsp3) is 0.438. The van der Waals surface area contributed by atoms with Gasteiger partial charge in [0.25, 0.3) is 5.91 Å². The maximum absolute atomic E-state index is 12.6. The molecule has 2 amide bonds. The van der Waals surface area contributed by atoms with Crippen molar-refractivity contribution in [2.45, 2.75) is 24.6 Å². The van der Waals surface area contributed by atoms with E-state index in [1.165, 1.54) is 34.3 Å². The van der Waals surface area contributed by atoms with Gasteiger partial charge in [-0.15, -0.1) is 0 Å². The predicted molar refractivity (Wildman–Crippen MR) is 83.1 cm³/mol. The Kier molecular flexibility index (Phi) is 4.75. The number of hydrogen-bond donors (Lipinski definition) is 1. The van der Waals surface area contributed by atoms with Crippen molar-refractivity contribution in [1.29, 1.82) is 0 Å². The number of piperidine rings is 1. The standard InChI is InChI=1S/C16H17F3N4O3/c17-16(18,19)11-20-14(25)15(23-7-2-6-21-23)4-8-22(9-5-15)13(24)12-3-1-10-26-12/h1-3,6-7,10H,4-5,8-9,11H2,(H,20,25). The molecule has 3 heterocycles. The monoisotopic (exact) mass is 370 g/mol. The van der Waals surface area contributed by atoms with Crippen LogP contribution in [0.4, 0.5) is 13.2 Å². The number of aromatic nitrogens is 2. The number of halogens is 3. The van der Waals surface area contributed by atoms with Gasteiger partial charge in [-0.2, -0.15) is 18.3 Å². The predicted octanol–water partition coefficient (Wildman–Crippen LogP) is 1.79. The third-order valence-electron chi connectivity index (χ3n) is 4.42. The second kappa shape index (κ2) is 6.85. The van der Waals surface area contributed by atoms with Crippen LogP contribution in [0.3, 0.4) is 0 Å². The molecule has 7 nitrogen and oxygen atoms in total. The summed E-state index contributed by atoms with van der Waals surface area (Å²) in [6.45, 7) is -1.03. The number of furan rings is 1. The summed E-state index contributed by atoms with van der Waals surface area (Å²) in [5, 5.41) is 6.00. The van der Waals surface area contributed by atoms with Crippen molar-refractivity contribution >= 4 is 11.8 Å². The molecule has 0 aliphatic carbocycles. The largest absolute Gasteiger partial charge is 0.459 e. The molecule has 0 spiro atoms. The van der Waals surface area contributed by atoms with Crippen LogP contribution in [0.15, 0.2) is 41.3 Å². The molecule has 1 fully saturated rings. The lowest BCUT2D eigenvalue weighted by Crippen LogP contribution is -2.57. The highest BCUT2D eigenvalue weighted by Gasteiger charge is 2.45. The minimum atomic E-state index is -4.50. The second-order valence-electron chi connectivity index (χ2n) is 6.05. The molecule has 140 valence electrons. The Morgan fingerprint density at radius 1 is 1.27 bits per heavy atom. The van der Waals surface area contributed by atoms with Crippen LogP contribution in [0, 0.1) is 0 Å². The van der Waals surface area contributed by atoms with Crippen molar-refractivity contribution < 1.29 is 27.2 Å². The van der Waals surface area contributed by atoms with E-state index in [0.29, 0.717) is 0 Å². The van der Waals surface area contributed by atoms with Crippen LogP contribution in [0.1, 0.15) is 23.4 Å². The summed E-state index contributed by atoms with van der Waals surface area (Å²) < 4.78 is 43.9. The SMILES string of the molecule is O=C(c1ccco1)N1CCC(C(=O)NCC(F)(F)F)(n2cccn2)CC1. The average Bonchev–Trinajstić information content (AvgIpc) is 3.31. The van der Waals surface area contributed by atoms with E-state index < -0.39 is 24.2 Å². The molecule has 0 aromatic carbocycles. The number of nitrogens with zero attached hydrogens (tertiary/aromatic N) is 3. The van der Waals surface area contributed by atoms with Gasteiger partial charge in [0.05, 0.1) is 6.26 Å². The van der Waals surface area contributed by atoms with E-state index >= 15 is 0 Å². The minimum absolute atomic E-state index is 0.144. The fourth-order valence-electron chi connectivity index (χ4n) is 3.06. The third kappa shape index (κ3) is 3.58. The molecule has 1 N–H and O–H groups in total. The highest BCUT2D eigenvalue weighted by Crippen LogP contribution is 2.31. The molecule has 26 heavy (non-hydrogen) atoms. The summed E-state index contributed by atoms with van der Waals surface area (Å²) in [6, 6.07) is 4.72. The average molecular weight is 370 g/mol. The second-order valence-corrected chi connectivity index (χ2v) is 6.05. The third-order valence-corrected chi connectivity index (χ3v) is 4.42. The summed E-state index contributed by atoms with van der Waals surface area (Å²) in [5.74, 6) is -0.901. The van der Waals surface area contributed by atoms with Gasteiger partial charge in [0.1, 0.15) is 12.1 Å². The molecule has 0 radical (unpaired) electrons. The molecule has 1 aliphatic rings. The Morgan fingerprint density at radius 2 is 2.00 bits per heavy atom. The summed E-state index contributed by atoms with van der Waals surface area (Å²) in [7, 11) is 0. The maximum atomic E-state index is 12.6. The van der Waals surface area contributed by atoms with Crippen LogP contribution in [0.5, 0.6) is 0 Å². The zero-order chi connectivity index (χ0) is 18.8. The van der Waals surface area contributed by atoms with E-state index in [4.69, 9.17) is 4.42 Å². The molecule has 1 aliphatic heterocycles. The van der Waals surface area contributed by atoms with Gasteiger partial charge in [0.15, 0.2) is 5.76 Å². The highest BCUT2D eigenvalue weighted by molar-refractivity contribution is 5.92. The molecule has 2 aromatic heterocycles. The Bertz CT molecular complexity index is 748. The number of alkyl halides is 3. The van der Waals surface area contributed by atoms with Gasteiger partial charge in [-0.3, -0.25) is 14.3 Å². The molecular formula is C16H17F3N4O3. The van der Waals surface area contributed by atoms with Crippen molar-refractivity contribution in [1.82, 2.24) is 20.0 Å². The van der Waals surface area contributed by atoms with Crippen LogP contribution >= 0.6 is 0 Å². The molecule has 0 unspecified atom stereocenters. The van der Waals surface area contributed by atoms with E-state index in [9.17, 15) is 22.8 Å². The van der Waals surface area contributed by atoms with E-state index in [-0.39, 0.29) is 37.6 Å². The minimum Gasteiger partial charge on any atom is -0.459 e. The number of likely N-dealkylation sites (tertiary alicyclic amines) is 1. The van der Waals surface area contributed by atoms with Crippen molar-refractivity contribution in [3.8, 4) is 0 Å². The molecule has 2 aromatic rings. The molecule has 0 saturated carbocycles. The Hall–Kier alpha value is -2.78. The van der Waals surface area contributed by atoms with Crippen molar-refractivity contribution in [2.75, 3.05) is 19.6 Å². The maximum Gasteiger partial charge on any atom is 0.405 e. The lowest BCUT2D eigenvalue weighted by molar-refractivity contribution is -0.146. The van der Waals surface area contributed by atoms with Gasteiger partial charge in [-0.25, -0.2) is 0 Å². The summed E-state index contributed by atoms with van der Waals surface area (Å²) in [5.41, 5.74) is -1.27. The van der Waals surface area contributed by atoms with E-state index in [1.807, 2.05) is 5.32 Å². The first kappa shape index (κ1) is 18.0. The van der Waals surface area contributed by atoms with Crippen LogP contribution in [0.25, 0.3) is 0 Å². The van der Waals surface area contributed by atoms with E-state index in [0.717, 1.165) is 0 Å². The quantitative estimate of drug-likeness (QED) is 0.890. The van der Waals surface area contributed by atoms with Gasteiger partial charge in [-0.1, -0.05) is 0 Å². The molecule has 3 rings (SSSR count). The lowest BCUT2D eigenvalue weighted by Gasteiger charge is -2.40. The normalized spacial score (nSPS) is 17.1. The molecular weight excluding hydrogens is 353 g/mol. The van der Waals surface area contributed by atoms with Crippen LogP contribution in [0.2, 0.25) is 0 Å². The van der Waals surface area contributed by atoms with Gasteiger partial charge in [0.2, 0.25) is 5.91 Å². The Balaban J connectivity index is 1.75. The smallest absolute Gasteiger partial charge is 0.405 e. The van der Waals surface area contributed by atoms with Crippen molar-refractivity contribution in [3.63, 3.8) is 0 Å².